The van der Waals surface area contributed by atoms with Crippen LogP contribution < -0.4 is 11.5 Å². The van der Waals surface area contributed by atoms with Gasteiger partial charge in [0.2, 0.25) is 0 Å². The van der Waals surface area contributed by atoms with E-state index < -0.39 is 11.5 Å². The molecule has 3 aliphatic rings. The van der Waals surface area contributed by atoms with Gasteiger partial charge in [-0.3, -0.25) is 0 Å². The molecule has 1 fully saturated rings. The van der Waals surface area contributed by atoms with Gasteiger partial charge in [0.05, 0.1) is 6.10 Å². The first-order valence-corrected chi connectivity index (χ1v) is 14.7. The molecule has 0 saturated heterocycles. The highest BCUT2D eigenvalue weighted by atomic mass is 16.3. The molecule has 0 aromatic heterocycles. The maximum atomic E-state index is 12.3. The minimum absolute atomic E-state index is 0.0861. The van der Waals surface area contributed by atoms with E-state index in [1.54, 1.807) is 0 Å². The van der Waals surface area contributed by atoms with Crippen LogP contribution in [-0.2, 0) is 11.8 Å². The summed E-state index contributed by atoms with van der Waals surface area (Å²) in [6.07, 6.45) is 3.20. The van der Waals surface area contributed by atoms with E-state index >= 15 is 0 Å². The number of aliphatic hydroxyl groups excluding tert-OH is 1. The van der Waals surface area contributed by atoms with Gasteiger partial charge in [0.1, 0.15) is 0 Å². The van der Waals surface area contributed by atoms with Gasteiger partial charge in [-0.2, -0.15) is 0 Å². The van der Waals surface area contributed by atoms with Crippen molar-refractivity contribution < 1.29 is 5.11 Å². The third-order valence-corrected chi connectivity index (χ3v) is 10.3. The summed E-state index contributed by atoms with van der Waals surface area (Å²) in [5.74, 6) is -0.480. The van der Waals surface area contributed by atoms with Gasteiger partial charge in [-0.25, -0.2) is 0 Å². The number of aliphatic hydroxyl groups is 1. The zero-order chi connectivity index (χ0) is 29.3. The fourth-order valence-corrected chi connectivity index (χ4v) is 7.87. The van der Waals surface area contributed by atoms with Crippen LogP contribution in [0.3, 0.4) is 0 Å². The number of fused-ring (bicyclic) bond motifs is 3. The Kier molecular flexibility index (Phi) is 6.92. The lowest BCUT2D eigenvalue weighted by molar-refractivity contribution is -0.000294. The quantitative estimate of drug-likeness (QED) is 0.359. The molecule has 0 spiro atoms. The molecule has 5 N–H and O–H groups in total. The largest absolute Gasteiger partial charge is 0.402 e. The Morgan fingerprint density at radius 1 is 1.12 bits per heavy atom. The van der Waals surface area contributed by atoms with E-state index in [9.17, 15) is 5.11 Å². The fraction of sp³-hybridized carbons (Fsp3) is 0.405. The van der Waals surface area contributed by atoms with Crippen molar-refractivity contribution in [1.29, 1.82) is 0 Å². The fourth-order valence-electron chi connectivity index (χ4n) is 7.87. The lowest BCUT2D eigenvalue weighted by Crippen LogP contribution is -2.57. The summed E-state index contributed by atoms with van der Waals surface area (Å²) >= 11 is 0. The molecule has 5 unspecified atom stereocenters. The molecule has 5 rings (SSSR count). The number of hydrogen-bond acceptors (Lipinski definition) is 3. The van der Waals surface area contributed by atoms with Gasteiger partial charge in [-0.05, 0) is 69.7 Å². The summed E-state index contributed by atoms with van der Waals surface area (Å²) < 4.78 is 0. The van der Waals surface area contributed by atoms with Gasteiger partial charge in [0.25, 0.3) is 0 Å². The second-order valence-corrected chi connectivity index (χ2v) is 13.4. The highest BCUT2D eigenvalue weighted by Gasteiger charge is 2.57. The summed E-state index contributed by atoms with van der Waals surface area (Å²) in [5, 5.41) is 12.3. The van der Waals surface area contributed by atoms with Gasteiger partial charge >= 0.3 is 0 Å². The molecule has 6 atom stereocenters. The average molecular weight is 535 g/mol. The second kappa shape index (κ2) is 9.75. The Morgan fingerprint density at radius 2 is 1.77 bits per heavy atom. The minimum atomic E-state index is -0.645. The Balaban J connectivity index is 1.77. The first-order chi connectivity index (χ1) is 18.7. The van der Waals surface area contributed by atoms with E-state index in [0.29, 0.717) is 12.1 Å². The van der Waals surface area contributed by atoms with Crippen molar-refractivity contribution >= 4 is 17.2 Å². The molecule has 0 bridgehead atoms. The molecule has 0 amide bonds. The minimum Gasteiger partial charge on any atom is -0.402 e. The standard InChI is InChI=1S/C37H46N2O/c1-10-25-12-11-13-27-28(18-24-14-16-26(17-15-24)36(6,7)8)34-31(20(2)32(25)27)21(3)37(9)22(4)33(23(5)38)30(39)19-29(37)35(34)40/h11-18,29-30,33-35,40H,2,4-5,10,19,38-39H2,1,3,6-9H3/b28-18+/t29?,30?,33?,34?,35?,37-/m0/s1. The zero-order valence-electron chi connectivity index (χ0n) is 25.1. The average Bonchev–Trinajstić information content (AvgIpc) is 2.89. The maximum Gasteiger partial charge on any atom is 0.0689 e. The molecule has 210 valence electrons. The molecule has 0 radical (unpaired) electrons. The third-order valence-electron chi connectivity index (χ3n) is 10.3. The SMILES string of the molecule is C=C1C2=C(C)[C@@]3(C)C(=C)C(C(=C)N)C(N)CC3C(O)C2/C(=C/c2ccc(C(C)(C)C)cc2)c2cccc(CC)c21. The number of allylic oxidation sites excluding steroid dienone is 2. The van der Waals surface area contributed by atoms with E-state index in [-0.39, 0.29) is 29.2 Å². The van der Waals surface area contributed by atoms with Crippen LogP contribution in [0.2, 0.25) is 0 Å². The van der Waals surface area contributed by atoms with E-state index in [2.05, 4.69) is 110 Å². The van der Waals surface area contributed by atoms with Crippen LogP contribution in [0.4, 0.5) is 0 Å². The molecule has 3 heteroatoms. The lowest BCUT2D eigenvalue weighted by atomic mass is 9.48. The van der Waals surface area contributed by atoms with Crippen LogP contribution in [0.15, 0.2) is 84.6 Å². The highest BCUT2D eigenvalue weighted by molar-refractivity contribution is 6.00. The Bertz CT molecular complexity index is 1460. The number of rotatable bonds is 3. The topological polar surface area (TPSA) is 72.3 Å². The van der Waals surface area contributed by atoms with Crippen LogP contribution in [0.25, 0.3) is 17.2 Å². The van der Waals surface area contributed by atoms with Crippen molar-refractivity contribution in [2.24, 2.45) is 34.6 Å². The van der Waals surface area contributed by atoms with Crippen LogP contribution in [0.1, 0.15) is 75.8 Å². The van der Waals surface area contributed by atoms with E-state index in [0.717, 1.165) is 34.3 Å². The lowest BCUT2D eigenvalue weighted by Gasteiger charge is -2.58. The first-order valence-electron chi connectivity index (χ1n) is 14.7. The van der Waals surface area contributed by atoms with E-state index in [1.165, 1.54) is 27.8 Å². The van der Waals surface area contributed by atoms with Crippen molar-refractivity contribution in [2.75, 3.05) is 0 Å². The van der Waals surface area contributed by atoms with E-state index in [1.807, 2.05) is 0 Å². The monoisotopic (exact) mass is 534 g/mol. The summed E-state index contributed by atoms with van der Waals surface area (Å²) in [7, 11) is 0. The zero-order valence-corrected chi connectivity index (χ0v) is 25.1. The molecule has 2 aromatic carbocycles. The molecule has 1 saturated carbocycles. The molecule has 0 aliphatic heterocycles. The van der Waals surface area contributed by atoms with Crippen LogP contribution in [0.5, 0.6) is 0 Å². The Labute approximate surface area is 241 Å². The molecule has 0 heterocycles. The summed E-state index contributed by atoms with van der Waals surface area (Å²) in [5.41, 5.74) is 24.7. The summed E-state index contributed by atoms with van der Waals surface area (Å²) in [4.78, 5) is 0. The number of aryl methyl sites for hydroxylation is 1. The van der Waals surface area contributed by atoms with Gasteiger partial charge in [-0.15, -0.1) is 0 Å². The van der Waals surface area contributed by atoms with Crippen LogP contribution >= 0.6 is 0 Å². The summed E-state index contributed by atoms with van der Waals surface area (Å²) in [6.45, 7) is 26.6. The number of nitrogens with two attached hydrogens (primary N) is 2. The molecular weight excluding hydrogens is 488 g/mol. The molecule has 40 heavy (non-hydrogen) atoms. The van der Waals surface area contributed by atoms with Crippen molar-refractivity contribution in [3.8, 4) is 0 Å². The number of benzene rings is 2. The van der Waals surface area contributed by atoms with Gasteiger partial charge in [0, 0.05) is 34.9 Å². The van der Waals surface area contributed by atoms with Crippen molar-refractivity contribution in [3.05, 3.63) is 112 Å². The maximum absolute atomic E-state index is 12.3. The van der Waals surface area contributed by atoms with Gasteiger partial charge in [-0.1, -0.05) is 114 Å². The van der Waals surface area contributed by atoms with Crippen molar-refractivity contribution in [3.63, 3.8) is 0 Å². The predicted octanol–water partition coefficient (Wildman–Crippen LogP) is 7.42. The van der Waals surface area contributed by atoms with Gasteiger partial charge < -0.3 is 16.6 Å². The third kappa shape index (κ3) is 4.09. The van der Waals surface area contributed by atoms with Crippen molar-refractivity contribution in [1.82, 2.24) is 0 Å². The van der Waals surface area contributed by atoms with Gasteiger partial charge in [0.15, 0.2) is 0 Å². The second-order valence-electron chi connectivity index (χ2n) is 13.4. The summed E-state index contributed by atoms with van der Waals surface area (Å²) in [6, 6.07) is 15.1. The highest BCUT2D eigenvalue weighted by Crippen LogP contribution is 2.63. The molecule has 3 nitrogen and oxygen atoms in total. The van der Waals surface area contributed by atoms with E-state index in [4.69, 9.17) is 11.5 Å². The van der Waals surface area contributed by atoms with Crippen LogP contribution in [0, 0.1) is 23.2 Å². The number of hydrogen-bond donors (Lipinski definition) is 3. The molecule has 2 aromatic rings. The predicted molar refractivity (Wildman–Crippen MR) is 170 cm³/mol. The normalized spacial score (nSPS) is 31.1. The Morgan fingerprint density at radius 3 is 2.35 bits per heavy atom. The van der Waals surface area contributed by atoms with Crippen LogP contribution in [-0.4, -0.2) is 17.3 Å². The molecule has 3 aliphatic carbocycles. The first kappa shape index (κ1) is 28.4. The molecular formula is C37H46N2O. The smallest absolute Gasteiger partial charge is 0.0689 e. The van der Waals surface area contributed by atoms with Crippen molar-refractivity contribution in [2.45, 2.75) is 71.9 Å². The Hall–Kier alpha value is -3.14.